The number of nitrogens with zero attached hydrogens (tertiary/aromatic N) is 3. The van der Waals surface area contributed by atoms with Gasteiger partial charge in [0.25, 0.3) is 0 Å². The van der Waals surface area contributed by atoms with Gasteiger partial charge in [0.2, 0.25) is 5.91 Å². The lowest BCUT2D eigenvalue weighted by Gasteiger charge is -2.23. The monoisotopic (exact) mass is 543 g/mol. The van der Waals surface area contributed by atoms with E-state index in [-0.39, 0.29) is 23.9 Å². The van der Waals surface area contributed by atoms with Gasteiger partial charge in [0.05, 0.1) is 21.4 Å². The van der Waals surface area contributed by atoms with Crippen LogP contribution >= 0.6 is 23.2 Å². The van der Waals surface area contributed by atoms with Gasteiger partial charge in [-0.1, -0.05) is 94.1 Å². The molecular formula is C28H35Cl2N5O2. The lowest BCUT2D eigenvalue weighted by Crippen LogP contribution is -2.44. The van der Waals surface area contributed by atoms with Gasteiger partial charge in [-0.25, -0.2) is 9.48 Å². The lowest BCUT2D eigenvalue weighted by atomic mass is 9.92. The molecular weight excluding hydrogens is 509 g/mol. The number of benzene rings is 2. The summed E-state index contributed by atoms with van der Waals surface area (Å²) < 4.78 is 1.64. The molecule has 9 heteroatoms. The van der Waals surface area contributed by atoms with Crippen molar-refractivity contribution < 1.29 is 9.59 Å². The minimum atomic E-state index is -0.312. The summed E-state index contributed by atoms with van der Waals surface area (Å²) in [5.41, 5.74) is 2.22. The first-order valence-electron chi connectivity index (χ1n) is 12.5. The van der Waals surface area contributed by atoms with Crippen LogP contribution in [0, 0.1) is 0 Å². The Morgan fingerprint density at radius 2 is 1.73 bits per heavy atom. The molecule has 0 unspecified atom stereocenters. The maximum absolute atomic E-state index is 13.2. The second kappa shape index (κ2) is 13.0. The van der Waals surface area contributed by atoms with E-state index < -0.39 is 0 Å². The summed E-state index contributed by atoms with van der Waals surface area (Å²) in [6.07, 6.45) is 2.81. The third-order valence-electron chi connectivity index (χ3n) is 5.83. The van der Waals surface area contributed by atoms with E-state index in [9.17, 15) is 9.59 Å². The summed E-state index contributed by atoms with van der Waals surface area (Å²) in [5.74, 6) is 0.180. The minimum Gasteiger partial charge on any atom is -0.334 e. The van der Waals surface area contributed by atoms with E-state index in [1.165, 1.54) is 0 Å². The van der Waals surface area contributed by atoms with E-state index in [4.69, 9.17) is 28.3 Å². The Bertz CT molecular complexity index is 1210. The van der Waals surface area contributed by atoms with Crippen molar-refractivity contribution in [3.63, 3.8) is 0 Å². The number of hydrogen-bond acceptors (Lipinski definition) is 3. The Morgan fingerprint density at radius 3 is 2.38 bits per heavy atom. The molecule has 198 valence electrons. The second-order valence-corrected chi connectivity index (χ2v) is 10.8. The van der Waals surface area contributed by atoms with E-state index in [0.717, 1.165) is 30.5 Å². The predicted octanol–water partition coefficient (Wildman–Crippen LogP) is 6.82. The van der Waals surface area contributed by atoms with Crippen LogP contribution in [0.25, 0.3) is 5.69 Å². The number of unbranched alkanes of at least 4 members (excludes halogenated alkanes) is 2. The third kappa shape index (κ3) is 8.23. The molecule has 0 saturated heterocycles. The van der Waals surface area contributed by atoms with Gasteiger partial charge in [-0.2, -0.15) is 5.10 Å². The fourth-order valence-corrected chi connectivity index (χ4v) is 3.99. The van der Waals surface area contributed by atoms with Gasteiger partial charge in [0.15, 0.2) is 0 Å². The number of aromatic nitrogens is 2. The zero-order valence-corrected chi connectivity index (χ0v) is 23.4. The van der Waals surface area contributed by atoms with E-state index >= 15 is 0 Å². The largest absolute Gasteiger partial charge is 0.334 e. The average Bonchev–Trinajstić information content (AvgIpc) is 3.28. The van der Waals surface area contributed by atoms with Gasteiger partial charge in [-0.05, 0) is 30.2 Å². The highest BCUT2D eigenvalue weighted by Crippen LogP contribution is 2.29. The number of hydrogen-bond donors (Lipinski definition) is 2. The smallest absolute Gasteiger partial charge is 0.318 e. The van der Waals surface area contributed by atoms with Crippen molar-refractivity contribution in [3.8, 4) is 5.69 Å². The summed E-state index contributed by atoms with van der Waals surface area (Å²) in [7, 11) is 0. The van der Waals surface area contributed by atoms with Crippen molar-refractivity contribution in [2.24, 2.45) is 0 Å². The van der Waals surface area contributed by atoms with Crippen molar-refractivity contribution in [1.82, 2.24) is 20.0 Å². The van der Waals surface area contributed by atoms with Crippen LogP contribution in [0.15, 0.2) is 54.6 Å². The zero-order valence-electron chi connectivity index (χ0n) is 21.9. The number of halogens is 2. The molecule has 3 aromatic rings. The third-order valence-corrected chi connectivity index (χ3v) is 6.57. The molecule has 0 aliphatic rings. The Balaban J connectivity index is 1.78. The standard InChI is InChI=1S/C28H35Cl2N5O2/c1-5-6-10-15-34(27(37)31-18-20-11-8-7-9-12-20)19-26(36)32-25-17-24(28(2,3)4)33-35(25)21-13-14-22(29)23(30)16-21/h7-9,11-14,16-17H,5-6,10,15,18-19H2,1-4H3,(H,31,37)(H,32,36). The first-order valence-corrected chi connectivity index (χ1v) is 13.3. The van der Waals surface area contributed by atoms with Gasteiger partial charge in [-0.15, -0.1) is 0 Å². The van der Waals surface area contributed by atoms with Gasteiger partial charge < -0.3 is 15.5 Å². The zero-order chi connectivity index (χ0) is 27.0. The Kier molecular flexibility index (Phi) is 10.0. The Morgan fingerprint density at radius 1 is 1.00 bits per heavy atom. The number of carbonyl (C=O) groups is 2. The van der Waals surface area contributed by atoms with Crippen LogP contribution < -0.4 is 10.6 Å². The topological polar surface area (TPSA) is 79.3 Å². The molecule has 37 heavy (non-hydrogen) atoms. The van der Waals surface area contributed by atoms with E-state index in [1.54, 1.807) is 27.8 Å². The van der Waals surface area contributed by atoms with Crippen LogP contribution in [0.5, 0.6) is 0 Å². The molecule has 0 radical (unpaired) electrons. The molecule has 0 fully saturated rings. The number of carbonyl (C=O) groups excluding carboxylic acids is 2. The fourth-order valence-electron chi connectivity index (χ4n) is 3.70. The number of rotatable bonds is 10. The molecule has 0 atom stereocenters. The highest BCUT2D eigenvalue weighted by molar-refractivity contribution is 6.42. The van der Waals surface area contributed by atoms with Gasteiger partial charge >= 0.3 is 6.03 Å². The Hall–Kier alpha value is -3.03. The summed E-state index contributed by atoms with van der Waals surface area (Å²) in [6, 6.07) is 16.4. The molecule has 3 amide bonds. The molecule has 0 aliphatic heterocycles. The number of nitrogens with one attached hydrogen (secondary N) is 2. The van der Waals surface area contributed by atoms with Gasteiger partial charge in [-0.3, -0.25) is 4.79 Å². The summed E-state index contributed by atoms with van der Waals surface area (Å²) in [5, 5.41) is 11.4. The highest BCUT2D eigenvalue weighted by atomic mass is 35.5. The van der Waals surface area contributed by atoms with Crippen LogP contribution in [-0.2, 0) is 16.8 Å². The molecule has 0 bridgehead atoms. The summed E-state index contributed by atoms with van der Waals surface area (Å²) in [6.45, 7) is 9.04. The Labute approximate surface area is 229 Å². The first-order chi connectivity index (χ1) is 17.6. The average molecular weight is 545 g/mol. The quantitative estimate of drug-likeness (QED) is 0.275. The normalized spacial score (nSPS) is 11.3. The summed E-state index contributed by atoms with van der Waals surface area (Å²) >= 11 is 12.3. The molecule has 2 aromatic carbocycles. The van der Waals surface area contributed by atoms with E-state index in [0.29, 0.717) is 34.6 Å². The molecule has 3 rings (SSSR count). The molecule has 0 aliphatic carbocycles. The van der Waals surface area contributed by atoms with Crippen LogP contribution in [-0.4, -0.2) is 39.7 Å². The van der Waals surface area contributed by atoms with Crippen LogP contribution in [0.3, 0.4) is 0 Å². The lowest BCUT2D eigenvalue weighted by molar-refractivity contribution is -0.116. The van der Waals surface area contributed by atoms with E-state index in [2.05, 4.69) is 17.6 Å². The van der Waals surface area contributed by atoms with Crippen LogP contribution in [0.2, 0.25) is 10.0 Å². The molecule has 0 spiro atoms. The summed E-state index contributed by atoms with van der Waals surface area (Å²) in [4.78, 5) is 27.7. The van der Waals surface area contributed by atoms with E-state index in [1.807, 2.05) is 57.2 Å². The SMILES string of the molecule is CCCCCN(CC(=O)Nc1cc(C(C)(C)C)nn1-c1ccc(Cl)c(Cl)c1)C(=O)NCc1ccccc1. The highest BCUT2D eigenvalue weighted by Gasteiger charge is 2.23. The van der Waals surface area contributed by atoms with Crippen molar-refractivity contribution in [2.75, 3.05) is 18.4 Å². The second-order valence-electron chi connectivity index (χ2n) is 10.00. The van der Waals surface area contributed by atoms with Crippen LogP contribution in [0.1, 0.15) is 58.2 Å². The first kappa shape index (κ1) is 28.5. The molecule has 0 saturated carbocycles. The molecule has 1 aromatic heterocycles. The number of urea groups is 1. The minimum absolute atomic E-state index is 0.0816. The van der Waals surface area contributed by atoms with Gasteiger partial charge in [0.1, 0.15) is 12.4 Å². The maximum atomic E-state index is 13.2. The van der Waals surface area contributed by atoms with Crippen molar-refractivity contribution in [1.29, 1.82) is 0 Å². The molecule has 1 heterocycles. The predicted molar refractivity (Wildman–Crippen MR) is 151 cm³/mol. The van der Waals surface area contributed by atoms with Crippen LogP contribution in [0.4, 0.5) is 10.6 Å². The van der Waals surface area contributed by atoms with Crippen molar-refractivity contribution in [2.45, 2.75) is 58.9 Å². The maximum Gasteiger partial charge on any atom is 0.318 e. The van der Waals surface area contributed by atoms with Crippen molar-refractivity contribution in [3.05, 3.63) is 75.9 Å². The number of anilines is 1. The molecule has 7 nitrogen and oxygen atoms in total. The number of amides is 3. The van der Waals surface area contributed by atoms with Gasteiger partial charge in [0, 0.05) is 24.6 Å². The van der Waals surface area contributed by atoms with Crippen molar-refractivity contribution >= 4 is 41.0 Å². The molecule has 2 N–H and O–H groups in total. The fraction of sp³-hybridized carbons (Fsp3) is 0.393.